The van der Waals surface area contributed by atoms with E-state index < -0.39 is 0 Å². The second-order valence-electron chi connectivity index (χ2n) is 3.01. The van der Waals surface area contributed by atoms with Crippen LogP contribution in [0.4, 0.5) is 0 Å². The summed E-state index contributed by atoms with van der Waals surface area (Å²) in [6.45, 7) is 0. The summed E-state index contributed by atoms with van der Waals surface area (Å²) in [5.41, 5.74) is 2.06. The summed E-state index contributed by atoms with van der Waals surface area (Å²) in [5, 5.41) is 0.881. The van der Waals surface area contributed by atoms with Gasteiger partial charge in [-0.15, -0.1) is 0 Å². The van der Waals surface area contributed by atoms with Crippen molar-refractivity contribution in [3.05, 3.63) is 35.1 Å². The van der Waals surface area contributed by atoms with E-state index in [4.69, 9.17) is 0 Å². The Hall–Kier alpha value is -2.17. The molecule has 0 atom stereocenters. The molecule has 0 aliphatic heterocycles. The van der Waals surface area contributed by atoms with E-state index in [2.05, 4.69) is 26.3 Å². The predicted octanol–water partition coefficient (Wildman–Crippen LogP) is 0.600. The molecule has 3 rings (SSSR count). The van der Waals surface area contributed by atoms with Gasteiger partial charge in [0, 0.05) is 11.6 Å². The molecule has 0 amide bonds. The van der Waals surface area contributed by atoms with E-state index in [9.17, 15) is 4.79 Å². The number of imidazole rings is 1. The largest absolute Gasteiger partial charge is 0.323 e. The van der Waals surface area contributed by atoms with Crippen LogP contribution < -0.4 is 5.69 Å². The van der Waals surface area contributed by atoms with Crippen molar-refractivity contribution in [2.24, 2.45) is 0 Å². The van der Waals surface area contributed by atoms with Crippen LogP contribution in [-0.4, -0.2) is 19.9 Å². The zero-order chi connectivity index (χ0) is 9.54. The molecular formula is C9H5N4O. The van der Waals surface area contributed by atoms with Gasteiger partial charge < -0.3 is 9.97 Å². The maximum Gasteiger partial charge on any atom is 0.323 e. The summed E-state index contributed by atoms with van der Waals surface area (Å²) >= 11 is 0. The van der Waals surface area contributed by atoms with E-state index in [0.717, 1.165) is 21.9 Å². The fourth-order valence-electron chi connectivity index (χ4n) is 1.47. The SMILES string of the molecule is O=c1[nH]c2cc3cn[c]nc3cc2[nH]1. The van der Waals surface area contributed by atoms with Crippen LogP contribution in [-0.2, 0) is 0 Å². The maximum absolute atomic E-state index is 11.0. The van der Waals surface area contributed by atoms with Crippen molar-refractivity contribution in [2.75, 3.05) is 0 Å². The van der Waals surface area contributed by atoms with E-state index in [-0.39, 0.29) is 5.69 Å². The second kappa shape index (κ2) is 2.41. The van der Waals surface area contributed by atoms with Gasteiger partial charge >= 0.3 is 5.69 Å². The van der Waals surface area contributed by atoms with Crippen molar-refractivity contribution in [1.82, 2.24) is 19.9 Å². The van der Waals surface area contributed by atoms with Gasteiger partial charge in [-0.25, -0.2) is 14.8 Å². The molecular weight excluding hydrogens is 180 g/mol. The Morgan fingerprint density at radius 1 is 1.21 bits per heavy atom. The number of fused-ring (bicyclic) bond motifs is 2. The molecule has 1 aromatic carbocycles. The van der Waals surface area contributed by atoms with Gasteiger partial charge in [0.25, 0.3) is 0 Å². The van der Waals surface area contributed by atoms with Crippen LogP contribution in [0, 0.1) is 6.33 Å². The van der Waals surface area contributed by atoms with Gasteiger partial charge in [0.2, 0.25) is 0 Å². The Balaban J connectivity index is 2.57. The van der Waals surface area contributed by atoms with E-state index in [1.54, 1.807) is 12.3 Å². The highest BCUT2D eigenvalue weighted by atomic mass is 16.1. The molecule has 3 aromatic rings. The highest BCUT2D eigenvalue weighted by molar-refractivity contribution is 5.92. The summed E-state index contributed by atoms with van der Waals surface area (Å²) < 4.78 is 0. The number of H-pyrrole nitrogens is 2. The van der Waals surface area contributed by atoms with Crippen LogP contribution in [0.15, 0.2) is 23.1 Å². The Bertz CT molecular complexity index is 611. The molecule has 2 N–H and O–H groups in total. The van der Waals surface area contributed by atoms with Gasteiger partial charge in [0.05, 0.1) is 16.6 Å². The van der Waals surface area contributed by atoms with E-state index in [1.165, 1.54) is 0 Å². The predicted molar refractivity (Wildman–Crippen MR) is 50.9 cm³/mol. The Labute approximate surface area is 77.8 Å². The first-order valence-corrected chi connectivity index (χ1v) is 4.08. The number of hydrogen-bond donors (Lipinski definition) is 2. The first kappa shape index (κ1) is 7.25. The average Bonchev–Trinajstić information content (AvgIpc) is 2.53. The first-order chi connectivity index (χ1) is 6.83. The Kier molecular flexibility index (Phi) is 1.25. The highest BCUT2D eigenvalue weighted by Gasteiger charge is 2.01. The van der Waals surface area contributed by atoms with Crippen LogP contribution in [0.25, 0.3) is 21.9 Å². The lowest BCUT2D eigenvalue weighted by molar-refractivity contribution is 1.20. The second-order valence-corrected chi connectivity index (χ2v) is 3.01. The molecule has 0 saturated carbocycles. The molecule has 0 fully saturated rings. The molecule has 0 bridgehead atoms. The van der Waals surface area contributed by atoms with Gasteiger partial charge in [-0.3, -0.25) is 0 Å². The summed E-state index contributed by atoms with van der Waals surface area (Å²) in [6, 6.07) is 3.62. The standard InChI is InChI=1S/C9H5N4O/c14-9-12-7-1-5-3-10-4-11-6(5)2-8(7)13-9/h1-3H,(H2,12,13,14). The molecule has 0 aliphatic carbocycles. The lowest BCUT2D eigenvalue weighted by Crippen LogP contribution is -1.99. The van der Waals surface area contributed by atoms with E-state index in [1.807, 2.05) is 6.07 Å². The topological polar surface area (TPSA) is 74.4 Å². The number of nitrogens with one attached hydrogen (secondary N) is 2. The quantitative estimate of drug-likeness (QED) is 0.538. The molecule has 0 spiro atoms. The monoisotopic (exact) mass is 185 g/mol. The lowest BCUT2D eigenvalue weighted by Gasteiger charge is -1.94. The lowest BCUT2D eigenvalue weighted by atomic mass is 10.2. The minimum Gasteiger partial charge on any atom is -0.306 e. The summed E-state index contributed by atoms with van der Waals surface area (Å²) in [5.74, 6) is 0. The first-order valence-electron chi connectivity index (χ1n) is 4.08. The van der Waals surface area contributed by atoms with Crippen molar-refractivity contribution >= 4 is 21.9 Å². The number of benzene rings is 1. The van der Waals surface area contributed by atoms with Crippen LogP contribution >= 0.6 is 0 Å². The van der Waals surface area contributed by atoms with Gasteiger partial charge in [0.1, 0.15) is 0 Å². The number of rotatable bonds is 0. The molecule has 5 heteroatoms. The third kappa shape index (κ3) is 0.922. The Morgan fingerprint density at radius 2 is 2.00 bits per heavy atom. The van der Waals surface area contributed by atoms with Gasteiger partial charge in [-0.05, 0) is 12.1 Å². The summed E-state index contributed by atoms with van der Waals surface area (Å²) in [6.07, 6.45) is 4.16. The molecule has 14 heavy (non-hydrogen) atoms. The third-order valence-electron chi connectivity index (χ3n) is 2.10. The number of aromatic amines is 2. The molecule has 2 aromatic heterocycles. The highest BCUT2D eigenvalue weighted by Crippen LogP contribution is 2.15. The van der Waals surface area contributed by atoms with Gasteiger partial charge in [-0.2, -0.15) is 0 Å². The molecule has 5 nitrogen and oxygen atoms in total. The number of hydrogen-bond acceptors (Lipinski definition) is 3. The average molecular weight is 185 g/mol. The maximum atomic E-state index is 11.0. The zero-order valence-electron chi connectivity index (χ0n) is 7.03. The van der Waals surface area contributed by atoms with Crippen LogP contribution in [0.1, 0.15) is 0 Å². The number of nitrogens with zero attached hydrogens (tertiary/aromatic N) is 2. The van der Waals surface area contributed by atoms with Crippen molar-refractivity contribution in [3.8, 4) is 0 Å². The molecule has 67 valence electrons. The van der Waals surface area contributed by atoms with Crippen molar-refractivity contribution in [2.45, 2.75) is 0 Å². The van der Waals surface area contributed by atoms with Crippen LogP contribution in [0.3, 0.4) is 0 Å². The van der Waals surface area contributed by atoms with Crippen LogP contribution in [0.5, 0.6) is 0 Å². The molecule has 0 unspecified atom stereocenters. The van der Waals surface area contributed by atoms with Gasteiger partial charge in [0.15, 0.2) is 6.33 Å². The minimum absolute atomic E-state index is 0.216. The molecule has 1 radical (unpaired) electrons. The van der Waals surface area contributed by atoms with Crippen molar-refractivity contribution in [1.29, 1.82) is 0 Å². The molecule has 0 aliphatic rings. The van der Waals surface area contributed by atoms with E-state index in [0.29, 0.717) is 0 Å². The minimum atomic E-state index is -0.216. The fourth-order valence-corrected chi connectivity index (χ4v) is 1.47. The van der Waals surface area contributed by atoms with Crippen molar-refractivity contribution in [3.63, 3.8) is 0 Å². The Morgan fingerprint density at radius 3 is 2.86 bits per heavy atom. The zero-order valence-corrected chi connectivity index (χ0v) is 7.03. The fraction of sp³-hybridized carbons (Fsp3) is 0. The van der Waals surface area contributed by atoms with Gasteiger partial charge in [-0.1, -0.05) is 0 Å². The van der Waals surface area contributed by atoms with Crippen molar-refractivity contribution < 1.29 is 0 Å². The smallest absolute Gasteiger partial charge is 0.306 e. The van der Waals surface area contributed by atoms with E-state index >= 15 is 0 Å². The summed E-state index contributed by atoms with van der Waals surface area (Å²) in [4.78, 5) is 24.1. The molecule has 0 saturated heterocycles. The normalized spacial score (nSPS) is 11.1. The number of aromatic nitrogens is 4. The summed E-state index contributed by atoms with van der Waals surface area (Å²) in [7, 11) is 0. The molecule has 2 heterocycles. The third-order valence-corrected chi connectivity index (χ3v) is 2.10. The van der Waals surface area contributed by atoms with Crippen LogP contribution in [0.2, 0.25) is 0 Å².